The van der Waals surface area contributed by atoms with Gasteiger partial charge in [0.2, 0.25) is 0 Å². The summed E-state index contributed by atoms with van der Waals surface area (Å²) in [5, 5.41) is 0.471. The van der Waals surface area contributed by atoms with Crippen LogP contribution in [0.15, 0.2) is 84.9 Å². The van der Waals surface area contributed by atoms with E-state index in [0.29, 0.717) is 31.4 Å². The van der Waals surface area contributed by atoms with Crippen molar-refractivity contribution in [2.24, 2.45) is 0 Å². The lowest BCUT2D eigenvalue weighted by atomic mass is 10.0. The number of esters is 1. The number of ether oxygens (including phenoxy) is 1. The van der Waals surface area contributed by atoms with Crippen molar-refractivity contribution in [1.82, 2.24) is 4.90 Å². The Balaban J connectivity index is 1.92. The van der Waals surface area contributed by atoms with Gasteiger partial charge < -0.3 is 14.5 Å². The first-order valence-electron chi connectivity index (χ1n) is 11.3. The van der Waals surface area contributed by atoms with E-state index < -0.39 is 14.4 Å². The molecule has 0 aliphatic heterocycles. The number of unbranched alkanes of at least 4 members (excludes halogenated alkanes) is 1. The van der Waals surface area contributed by atoms with Crippen LogP contribution < -0.4 is 5.30 Å². The zero-order valence-electron chi connectivity index (χ0n) is 19.0. The molecule has 0 amide bonds. The molecule has 6 heteroatoms. The maximum absolute atomic E-state index is 13.3. The molecule has 0 aliphatic carbocycles. The molecule has 0 saturated carbocycles. The van der Waals surface area contributed by atoms with Crippen LogP contribution in [0.5, 0.6) is 0 Å². The van der Waals surface area contributed by atoms with E-state index in [0.717, 1.165) is 29.5 Å². The van der Waals surface area contributed by atoms with E-state index in [1.165, 1.54) is 0 Å². The smallest absolute Gasteiger partial charge is 0.323 e. The summed E-state index contributed by atoms with van der Waals surface area (Å²) in [5.74, 6) is -0.254. The lowest BCUT2D eigenvalue weighted by Gasteiger charge is -2.31. The minimum Gasteiger partial charge on any atom is -0.465 e. The number of hydrogen-bond acceptors (Lipinski definition) is 5. The second kappa shape index (κ2) is 13.2. The number of carbonyl (C=O) groups excluding carboxylic acids is 1. The summed E-state index contributed by atoms with van der Waals surface area (Å²) in [5.41, 5.74) is 3.09. The van der Waals surface area contributed by atoms with Gasteiger partial charge in [0, 0.05) is 18.4 Å². The van der Waals surface area contributed by atoms with Gasteiger partial charge in [0.05, 0.1) is 6.61 Å². The normalized spacial score (nSPS) is 12.2. The fraction of sp³-hybridized carbons (Fsp3) is 0.296. The molecule has 3 rings (SSSR count). The van der Waals surface area contributed by atoms with Gasteiger partial charge in [-0.15, -0.1) is 0 Å². The second-order valence-corrected chi connectivity index (χ2v) is 9.17. The van der Waals surface area contributed by atoms with Crippen molar-refractivity contribution in [3.8, 4) is 0 Å². The van der Waals surface area contributed by atoms with Crippen LogP contribution in [0, 0.1) is 0 Å². The Kier molecular flexibility index (Phi) is 10.0. The van der Waals surface area contributed by atoms with Crippen molar-refractivity contribution in [1.29, 1.82) is 0 Å². The Morgan fingerprint density at radius 1 is 0.879 bits per heavy atom. The first-order valence-corrected chi connectivity index (χ1v) is 12.6. The molecular weight excluding hydrogens is 433 g/mol. The van der Waals surface area contributed by atoms with Gasteiger partial charge in [-0.3, -0.25) is 9.69 Å². The summed E-state index contributed by atoms with van der Waals surface area (Å²) in [6.45, 7) is 3.65. The van der Waals surface area contributed by atoms with Crippen molar-refractivity contribution in [3.05, 3.63) is 102 Å². The number of benzene rings is 3. The molecule has 33 heavy (non-hydrogen) atoms. The fourth-order valence-electron chi connectivity index (χ4n) is 3.72. The molecule has 0 fully saturated rings. The van der Waals surface area contributed by atoms with Gasteiger partial charge in [0.15, 0.2) is 8.38 Å². The fourth-order valence-corrected chi connectivity index (χ4v) is 4.22. The molecular formula is C27H32NO4P. The van der Waals surface area contributed by atoms with Crippen LogP contribution in [-0.2, 0) is 29.0 Å². The van der Waals surface area contributed by atoms with E-state index in [2.05, 4.69) is 36.1 Å². The second-order valence-electron chi connectivity index (χ2n) is 8.08. The van der Waals surface area contributed by atoms with E-state index in [4.69, 9.17) is 4.74 Å². The number of hydrogen-bond donors (Lipinski definition) is 2. The number of nitrogens with zero attached hydrogens (tertiary/aromatic N) is 1. The van der Waals surface area contributed by atoms with Crippen LogP contribution in [0.3, 0.4) is 0 Å². The minimum atomic E-state index is -2.19. The molecule has 2 N–H and O–H groups in total. The third-order valence-corrected chi connectivity index (χ3v) is 6.22. The van der Waals surface area contributed by atoms with Crippen molar-refractivity contribution in [2.75, 3.05) is 6.61 Å². The van der Waals surface area contributed by atoms with Crippen molar-refractivity contribution in [3.63, 3.8) is 0 Å². The summed E-state index contributed by atoms with van der Waals surface area (Å²) in [4.78, 5) is 34.8. The van der Waals surface area contributed by atoms with Gasteiger partial charge in [-0.25, -0.2) is 0 Å². The maximum Gasteiger partial charge on any atom is 0.323 e. The zero-order chi connectivity index (χ0) is 23.5. The highest BCUT2D eigenvalue weighted by Crippen LogP contribution is 2.24. The predicted molar refractivity (Wildman–Crippen MR) is 133 cm³/mol. The highest BCUT2D eigenvalue weighted by molar-refractivity contribution is 7.54. The van der Waals surface area contributed by atoms with Gasteiger partial charge in [-0.2, -0.15) is 0 Å². The van der Waals surface area contributed by atoms with Crippen LogP contribution in [0.2, 0.25) is 0 Å². The van der Waals surface area contributed by atoms with Crippen molar-refractivity contribution < 1.29 is 19.3 Å². The minimum absolute atomic E-state index is 0.254. The van der Waals surface area contributed by atoms with E-state index in [1.807, 2.05) is 42.5 Å². The summed E-state index contributed by atoms with van der Waals surface area (Å²) in [7, 11) is -2.19. The first kappa shape index (κ1) is 25.1. The largest absolute Gasteiger partial charge is 0.465 e. The standard InChI is InChI=1S/C27H32NO4P/c1-2-3-17-32-27(29)26(19-24-15-10-16-25(18-24)33(30)31)28(20-22-11-6-4-7-12-22)21-23-13-8-5-9-14-23/h4-16,18,26,30-31H,2-3,17,19-21H2,1H3. The van der Waals surface area contributed by atoms with E-state index in [9.17, 15) is 14.6 Å². The average molecular weight is 466 g/mol. The summed E-state index contributed by atoms with van der Waals surface area (Å²) >= 11 is 0. The van der Waals surface area contributed by atoms with Gasteiger partial charge in [-0.05, 0) is 41.7 Å². The first-order chi connectivity index (χ1) is 16.1. The third-order valence-electron chi connectivity index (χ3n) is 5.48. The van der Waals surface area contributed by atoms with Crippen molar-refractivity contribution >= 4 is 19.6 Å². The summed E-state index contributed by atoms with van der Waals surface area (Å²) in [6.07, 6.45) is 2.19. The van der Waals surface area contributed by atoms with E-state index in [1.54, 1.807) is 18.2 Å². The average Bonchev–Trinajstić information content (AvgIpc) is 2.84. The molecule has 5 nitrogen and oxygen atoms in total. The topological polar surface area (TPSA) is 70.0 Å². The van der Waals surface area contributed by atoms with Crippen LogP contribution in [0.4, 0.5) is 0 Å². The summed E-state index contributed by atoms with van der Waals surface area (Å²) in [6, 6.07) is 26.8. The van der Waals surface area contributed by atoms with Gasteiger partial charge in [0.1, 0.15) is 6.04 Å². The molecule has 0 spiro atoms. The molecule has 0 aliphatic rings. The molecule has 0 bridgehead atoms. The zero-order valence-corrected chi connectivity index (χ0v) is 19.9. The number of carbonyl (C=O) groups is 1. The maximum atomic E-state index is 13.3. The van der Waals surface area contributed by atoms with Crippen molar-refractivity contribution in [2.45, 2.75) is 45.3 Å². The number of rotatable bonds is 12. The molecule has 0 aromatic heterocycles. The molecule has 174 valence electrons. The highest BCUT2D eigenvalue weighted by atomic mass is 31.2. The molecule has 3 aromatic rings. The van der Waals surface area contributed by atoms with Crippen LogP contribution in [-0.4, -0.2) is 33.3 Å². The third kappa shape index (κ3) is 8.06. The lowest BCUT2D eigenvalue weighted by Crippen LogP contribution is -2.43. The molecule has 0 radical (unpaired) electrons. The Hall–Kier alpha value is -2.56. The van der Waals surface area contributed by atoms with E-state index in [-0.39, 0.29) is 5.97 Å². The monoisotopic (exact) mass is 465 g/mol. The van der Waals surface area contributed by atoms with Gasteiger partial charge in [0.25, 0.3) is 0 Å². The predicted octanol–water partition coefficient (Wildman–Crippen LogP) is 4.57. The quantitative estimate of drug-likeness (QED) is 0.233. The van der Waals surface area contributed by atoms with Crippen LogP contribution >= 0.6 is 8.38 Å². The Morgan fingerprint density at radius 2 is 1.45 bits per heavy atom. The van der Waals surface area contributed by atoms with Gasteiger partial charge >= 0.3 is 5.97 Å². The molecule has 0 heterocycles. The molecule has 0 saturated heterocycles. The Bertz CT molecular complexity index is 940. The Labute approximate surface area is 197 Å². The molecule has 1 atom stereocenters. The van der Waals surface area contributed by atoms with Crippen LogP contribution in [0.25, 0.3) is 0 Å². The summed E-state index contributed by atoms with van der Waals surface area (Å²) < 4.78 is 5.68. The van der Waals surface area contributed by atoms with Crippen LogP contribution in [0.1, 0.15) is 36.5 Å². The SMILES string of the molecule is CCCCOC(=O)C(Cc1cccc(P(O)O)c1)N(Cc1ccccc1)Cc1ccccc1. The Morgan fingerprint density at radius 3 is 2.00 bits per heavy atom. The lowest BCUT2D eigenvalue weighted by molar-refractivity contribution is -0.150. The molecule has 3 aromatic carbocycles. The van der Waals surface area contributed by atoms with E-state index >= 15 is 0 Å². The van der Waals surface area contributed by atoms with Gasteiger partial charge in [-0.1, -0.05) is 86.1 Å². The molecule has 1 unspecified atom stereocenters. The highest BCUT2D eigenvalue weighted by Gasteiger charge is 2.28.